The van der Waals surface area contributed by atoms with Gasteiger partial charge in [0.25, 0.3) is 5.91 Å². The van der Waals surface area contributed by atoms with Crippen LogP contribution in [0.25, 0.3) is 10.9 Å². The summed E-state index contributed by atoms with van der Waals surface area (Å²) in [6, 6.07) is 8.80. The molecule has 1 aromatic carbocycles. The molecule has 5 heteroatoms. The highest BCUT2D eigenvalue weighted by Gasteiger charge is 2.25. The van der Waals surface area contributed by atoms with E-state index in [0.717, 1.165) is 31.1 Å². The maximum Gasteiger partial charge on any atom is 0.252 e. The third-order valence-corrected chi connectivity index (χ3v) is 4.17. The fourth-order valence-electron chi connectivity index (χ4n) is 2.86. The van der Waals surface area contributed by atoms with Crippen molar-refractivity contribution in [1.29, 1.82) is 0 Å². The van der Waals surface area contributed by atoms with Crippen LogP contribution in [0.5, 0.6) is 0 Å². The number of carbonyl (C=O) groups is 1. The van der Waals surface area contributed by atoms with E-state index < -0.39 is 6.10 Å². The van der Waals surface area contributed by atoms with Crippen LogP contribution < -0.4 is 5.32 Å². The first-order valence-corrected chi connectivity index (χ1v) is 7.57. The van der Waals surface area contributed by atoms with Crippen LogP contribution in [0.1, 0.15) is 36.0 Å². The van der Waals surface area contributed by atoms with Crippen molar-refractivity contribution in [3.8, 4) is 0 Å². The molecule has 2 N–H and O–H groups in total. The number of pyridine rings is 1. The Hall–Kier alpha value is -1.65. The summed E-state index contributed by atoms with van der Waals surface area (Å²) in [4.78, 5) is 16.7. The van der Waals surface area contributed by atoms with Crippen LogP contribution in [0, 0.1) is 0 Å². The molecule has 1 amide bonds. The molecule has 1 aliphatic carbocycles. The molecule has 0 spiro atoms. The van der Waals surface area contributed by atoms with E-state index in [1.807, 2.05) is 24.3 Å². The molecule has 0 bridgehead atoms. The molecule has 2 atom stereocenters. The molecule has 4 nitrogen and oxygen atoms in total. The van der Waals surface area contributed by atoms with Gasteiger partial charge >= 0.3 is 0 Å². The predicted molar refractivity (Wildman–Crippen MR) is 82.5 cm³/mol. The first-order chi connectivity index (χ1) is 10.1. The number of carbonyl (C=O) groups excluding carboxylic acids is 1. The van der Waals surface area contributed by atoms with Crippen LogP contribution in [0.2, 0.25) is 5.15 Å². The van der Waals surface area contributed by atoms with Crippen LogP contribution in [0.3, 0.4) is 0 Å². The number of benzene rings is 1. The van der Waals surface area contributed by atoms with Crippen molar-refractivity contribution in [2.24, 2.45) is 0 Å². The van der Waals surface area contributed by atoms with E-state index in [0.29, 0.717) is 16.2 Å². The summed E-state index contributed by atoms with van der Waals surface area (Å²) in [5.74, 6) is -0.207. The van der Waals surface area contributed by atoms with Crippen LogP contribution in [0.4, 0.5) is 0 Å². The lowest BCUT2D eigenvalue weighted by Gasteiger charge is -2.28. The second-order valence-corrected chi connectivity index (χ2v) is 5.83. The second-order valence-electron chi connectivity index (χ2n) is 5.44. The molecule has 1 heterocycles. The van der Waals surface area contributed by atoms with Crippen LogP contribution in [-0.2, 0) is 0 Å². The molecular weight excluding hydrogens is 288 g/mol. The summed E-state index contributed by atoms with van der Waals surface area (Å²) >= 11 is 6.00. The van der Waals surface area contributed by atoms with Gasteiger partial charge in [-0.25, -0.2) is 4.98 Å². The van der Waals surface area contributed by atoms with E-state index >= 15 is 0 Å². The standard InChI is InChI=1S/C16H17ClN2O2/c17-15-9-11(10-5-1-2-6-12(10)18-15)16(21)19-13-7-3-4-8-14(13)20/h1-2,5-6,9,13-14,20H,3-4,7-8H2,(H,19,21)/t13-,14-/m0/s1. The van der Waals surface area contributed by atoms with Gasteiger partial charge in [0.2, 0.25) is 0 Å². The fraction of sp³-hybridized carbons (Fsp3) is 0.375. The van der Waals surface area contributed by atoms with Crippen LogP contribution >= 0.6 is 11.6 Å². The fourth-order valence-corrected chi connectivity index (χ4v) is 3.06. The summed E-state index contributed by atoms with van der Waals surface area (Å²) in [5, 5.41) is 14.0. The smallest absolute Gasteiger partial charge is 0.252 e. The molecule has 2 aromatic rings. The number of halogens is 1. The Kier molecular flexibility index (Phi) is 4.08. The molecule has 3 rings (SSSR count). The zero-order chi connectivity index (χ0) is 14.8. The first kappa shape index (κ1) is 14.3. The minimum atomic E-state index is -0.466. The van der Waals surface area contributed by atoms with E-state index in [4.69, 9.17) is 11.6 Å². The van der Waals surface area contributed by atoms with Crippen LogP contribution in [0.15, 0.2) is 30.3 Å². The van der Waals surface area contributed by atoms with Gasteiger partial charge in [-0.3, -0.25) is 4.79 Å². The highest BCUT2D eigenvalue weighted by Crippen LogP contribution is 2.23. The van der Waals surface area contributed by atoms with E-state index in [2.05, 4.69) is 10.3 Å². The van der Waals surface area contributed by atoms with Crippen LogP contribution in [-0.4, -0.2) is 28.1 Å². The number of nitrogens with one attached hydrogen (secondary N) is 1. The maximum atomic E-state index is 12.5. The minimum Gasteiger partial charge on any atom is -0.391 e. The van der Waals surface area contributed by atoms with Gasteiger partial charge in [-0.2, -0.15) is 0 Å². The number of fused-ring (bicyclic) bond motifs is 1. The Morgan fingerprint density at radius 3 is 2.86 bits per heavy atom. The van der Waals surface area contributed by atoms with Crippen molar-refractivity contribution in [3.63, 3.8) is 0 Å². The Labute approximate surface area is 128 Å². The number of para-hydroxylation sites is 1. The highest BCUT2D eigenvalue weighted by molar-refractivity contribution is 6.30. The number of aromatic nitrogens is 1. The van der Waals surface area contributed by atoms with E-state index in [1.165, 1.54) is 0 Å². The normalized spacial score (nSPS) is 22.2. The molecule has 0 unspecified atom stereocenters. The van der Waals surface area contributed by atoms with Gasteiger partial charge in [0.15, 0.2) is 0 Å². The number of hydrogen-bond acceptors (Lipinski definition) is 3. The highest BCUT2D eigenvalue weighted by atomic mass is 35.5. The second kappa shape index (κ2) is 6.00. The minimum absolute atomic E-state index is 0.183. The Morgan fingerprint density at radius 1 is 1.29 bits per heavy atom. The Morgan fingerprint density at radius 2 is 2.05 bits per heavy atom. The van der Waals surface area contributed by atoms with E-state index in [-0.39, 0.29) is 11.9 Å². The molecule has 1 aliphatic rings. The lowest BCUT2D eigenvalue weighted by Crippen LogP contribution is -2.45. The number of hydrogen-bond donors (Lipinski definition) is 2. The van der Waals surface area contributed by atoms with Crippen molar-refractivity contribution < 1.29 is 9.90 Å². The summed E-state index contributed by atoms with van der Waals surface area (Å²) in [6.45, 7) is 0. The number of aliphatic hydroxyl groups excluding tert-OH is 1. The van der Waals surface area contributed by atoms with Crippen molar-refractivity contribution in [2.45, 2.75) is 37.8 Å². The Bertz CT molecular complexity index is 674. The quantitative estimate of drug-likeness (QED) is 0.839. The third-order valence-electron chi connectivity index (χ3n) is 3.98. The summed E-state index contributed by atoms with van der Waals surface area (Å²) < 4.78 is 0. The number of rotatable bonds is 2. The molecule has 0 saturated heterocycles. The Balaban J connectivity index is 1.90. The lowest BCUT2D eigenvalue weighted by atomic mass is 9.92. The summed E-state index contributed by atoms with van der Waals surface area (Å²) in [7, 11) is 0. The average molecular weight is 305 g/mol. The van der Waals surface area contributed by atoms with Crippen molar-refractivity contribution >= 4 is 28.4 Å². The molecule has 0 aliphatic heterocycles. The number of nitrogens with zero attached hydrogens (tertiary/aromatic N) is 1. The van der Waals surface area contributed by atoms with Gasteiger partial charge in [-0.05, 0) is 25.0 Å². The monoisotopic (exact) mass is 304 g/mol. The molecule has 21 heavy (non-hydrogen) atoms. The molecule has 0 radical (unpaired) electrons. The van der Waals surface area contributed by atoms with E-state index in [9.17, 15) is 9.90 Å². The van der Waals surface area contributed by atoms with Crippen molar-refractivity contribution in [1.82, 2.24) is 10.3 Å². The molecule has 1 aromatic heterocycles. The zero-order valence-corrected chi connectivity index (χ0v) is 12.3. The van der Waals surface area contributed by atoms with Gasteiger partial charge in [0.05, 0.1) is 23.2 Å². The largest absolute Gasteiger partial charge is 0.391 e. The van der Waals surface area contributed by atoms with E-state index in [1.54, 1.807) is 6.07 Å². The van der Waals surface area contributed by atoms with Gasteiger partial charge in [0, 0.05) is 5.39 Å². The van der Waals surface area contributed by atoms with Gasteiger partial charge in [0.1, 0.15) is 5.15 Å². The summed E-state index contributed by atoms with van der Waals surface area (Å²) in [6.07, 6.45) is 3.12. The molecular formula is C16H17ClN2O2. The number of amides is 1. The van der Waals surface area contributed by atoms with Crippen molar-refractivity contribution in [3.05, 3.63) is 41.0 Å². The molecule has 110 valence electrons. The zero-order valence-electron chi connectivity index (χ0n) is 11.6. The first-order valence-electron chi connectivity index (χ1n) is 7.19. The number of aliphatic hydroxyl groups is 1. The van der Waals surface area contributed by atoms with Gasteiger partial charge in [-0.15, -0.1) is 0 Å². The SMILES string of the molecule is O=C(N[C@H]1CCCC[C@@H]1O)c1cc(Cl)nc2ccccc12. The topological polar surface area (TPSA) is 62.2 Å². The molecule has 1 fully saturated rings. The maximum absolute atomic E-state index is 12.5. The lowest BCUT2D eigenvalue weighted by molar-refractivity contribution is 0.0718. The van der Waals surface area contributed by atoms with Gasteiger partial charge < -0.3 is 10.4 Å². The summed E-state index contributed by atoms with van der Waals surface area (Å²) in [5.41, 5.74) is 1.20. The van der Waals surface area contributed by atoms with Crippen molar-refractivity contribution in [2.75, 3.05) is 0 Å². The average Bonchev–Trinajstić information content (AvgIpc) is 2.48. The molecule has 1 saturated carbocycles. The van der Waals surface area contributed by atoms with Gasteiger partial charge in [-0.1, -0.05) is 42.6 Å². The predicted octanol–water partition coefficient (Wildman–Crippen LogP) is 2.92. The third kappa shape index (κ3) is 3.01.